The van der Waals surface area contributed by atoms with Crippen molar-refractivity contribution in [3.8, 4) is 11.3 Å². The molecule has 0 fully saturated rings. The van der Waals surface area contributed by atoms with E-state index in [1.807, 2.05) is 0 Å². The summed E-state index contributed by atoms with van der Waals surface area (Å²) in [6, 6.07) is 10.3. The number of fused-ring (bicyclic) bond motifs is 1. The van der Waals surface area contributed by atoms with Crippen molar-refractivity contribution >= 4 is 40.5 Å². The standard InChI is InChI=1S/C23H22ClFN6O7/c1-36-14(8-16(25)31-11-27-17-18(26)28-22(24)29-19(17)31)10-37-23(20(32)33,21(34)35)9-13-7-15(30-38-13)12-5-3-2-4-6-12/h2-7,11,14,16H,8-10H2,1H3,(H,32,33)(H,34,35)(H2,26,28,29). The average molecular weight is 549 g/mol. The molecule has 0 saturated heterocycles. The lowest BCUT2D eigenvalue weighted by atomic mass is 9.97. The van der Waals surface area contributed by atoms with Crippen molar-refractivity contribution < 1.29 is 38.2 Å². The molecule has 0 saturated carbocycles. The summed E-state index contributed by atoms with van der Waals surface area (Å²) in [5.74, 6) is -3.63. The Balaban J connectivity index is 1.50. The van der Waals surface area contributed by atoms with Crippen LogP contribution in [0.1, 0.15) is 18.5 Å². The van der Waals surface area contributed by atoms with Crippen LogP contribution >= 0.6 is 11.6 Å². The van der Waals surface area contributed by atoms with Crippen LogP contribution in [0.5, 0.6) is 0 Å². The van der Waals surface area contributed by atoms with Gasteiger partial charge in [0.25, 0.3) is 5.60 Å². The fourth-order valence-corrected chi connectivity index (χ4v) is 3.89. The highest BCUT2D eigenvalue weighted by atomic mass is 35.5. The molecule has 0 aliphatic heterocycles. The Labute approximate surface area is 219 Å². The van der Waals surface area contributed by atoms with Crippen molar-refractivity contribution in [2.24, 2.45) is 0 Å². The Morgan fingerprint density at radius 3 is 2.61 bits per heavy atom. The number of nitrogens with two attached hydrogens (primary N) is 1. The van der Waals surface area contributed by atoms with E-state index in [1.165, 1.54) is 13.2 Å². The van der Waals surface area contributed by atoms with Crippen molar-refractivity contribution in [3.05, 3.63) is 53.8 Å². The molecule has 0 aliphatic rings. The third-order valence-corrected chi connectivity index (χ3v) is 5.94. The first-order chi connectivity index (χ1) is 18.1. The Morgan fingerprint density at radius 2 is 1.95 bits per heavy atom. The summed E-state index contributed by atoms with van der Waals surface area (Å²) in [4.78, 5) is 36.0. The maximum absolute atomic E-state index is 15.2. The molecular formula is C23H22ClFN6O7. The van der Waals surface area contributed by atoms with Gasteiger partial charge >= 0.3 is 11.9 Å². The van der Waals surface area contributed by atoms with Crippen LogP contribution in [0.25, 0.3) is 22.4 Å². The molecule has 13 nitrogen and oxygen atoms in total. The third-order valence-electron chi connectivity index (χ3n) is 5.77. The number of rotatable bonds is 12. The van der Waals surface area contributed by atoms with Crippen molar-refractivity contribution in [2.45, 2.75) is 30.8 Å². The van der Waals surface area contributed by atoms with E-state index in [1.54, 1.807) is 30.3 Å². The largest absolute Gasteiger partial charge is 0.479 e. The quantitative estimate of drug-likeness (QED) is 0.174. The van der Waals surface area contributed by atoms with Gasteiger partial charge in [-0.25, -0.2) is 19.0 Å². The number of nitrogens with zero attached hydrogens (tertiary/aromatic N) is 5. The molecule has 0 radical (unpaired) electrons. The van der Waals surface area contributed by atoms with Gasteiger partial charge in [-0.05, 0) is 11.6 Å². The number of aliphatic carboxylic acids is 2. The minimum Gasteiger partial charge on any atom is -0.479 e. The van der Waals surface area contributed by atoms with Gasteiger partial charge < -0.3 is 29.9 Å². The van der Waals surface area contributed by atoms with E-state index in [0.717, 1.165) is 10.9 Å². The Kier molecular flexibility index (Phi) is 7.85. The number of methoxy groups -OCH3 is 1. The molecule has 3 heterocycles. The van der Waals surface area contributed by atoms with Gasteiger partial charge in [0, 0.05) is 25.2 Å². The van der Waals surface area contributed by atoms with Gasteiger partial charge in [-0.1, -0.05) is 35.5 Å². The predicted octanol–water partition coefficient (Wildman–Crippen LogP) is 2.76. The summed E-state index contributed by atoms with van der Waals surface area (Å²) >= 11 is 5.82. The second kappa shape index (κ2) is 11.1. The van der Waals surface area contributed by atoms with E-state index in [0.29, 0.717) is 11.3 Å². The van der Waals surface area contributed by atoms with Gasteiger partial charge in [-0.2, -0.15) is 9.97 Å². The minimum atomic E-state index is -2.76. The van der Waals surface area contributed by atoms with Gasteiger partial charge in [0.2, 0.25) is 5.28 Å². The molecule has 38 heavy (non-hydrogen) atoms. The van der Waals surface area contributed by atoms with Gasteiger partial charge in [0.15, 0.2) is 17.8 Å². The Morgan fingerprint density at radius 1 is 1.24 bits per heavy atom. The Bertz CT molecular complexity index is 1430. The molecule has 3 aromatic heterocycles. The Hall–Kier alpha value is -4.14. The summed E-state index contributed by atoms with van der Waals surface area (Å²) in [6.45, 7) is -0.584. The molecule has 2 atom stereocenters. The molecular weight excluding hydrogens is 527 g/mol. The zero-order chi connectivity index (χ0) is 27.4. The topological polar surface area (TPSA) is 189 Å². The number of carboxylic acid groups (broad SMARTS) is 2. The number of alkyl halides is 1. The molecule has 0 spiro atoms. The molecule has 4 aromatic rings. The van der Waals surface area contributed by atoms with Gasteiger partial charge in [-0.15, -0.1) is 0 Å². The number of hydrogen-bond acceptors (Lipinski definition) is 10. The van der Waals surface area contributed by atoms with Crippen LogP contribution in [-0.4, -0.2) is 72.2 Å². The van der Waals surface area contributed by atoms with Crippen LogP contribution in [0.4, 0.5) is 10.2 Å². The lowest BCUT2D eigenvalue weighted by Crippen LogP contribution is -2.52. The molecule has 1 aromatic carbocycles. The van der Waals surface area contributed by atoms with E-state index in [9.17, 15) is 19.8 Å². The van der Waals surface area contributed by atoms with E-state index in [2.05, 4.69) is 20.1 Å². The first-order valence-corrected chi connectivity index (χ1v) is 11.5. The fourth-order valence-electron chi connectivity index (χ4n) is 3.72. The van der Waals surface area contributed by atoms with Crippen LogP contribution in [0.15, 0.2) is 47.2 Å². The highest BCUT2D eigenvalue weighted by Crippen LogP contribution is 2.28. The summed E-state index contributed by atoms with van der Waals surface area (Å²) < 4.78 is 32.1. The van der Waals surface area contributed by atoms with E-state index >= 15 is 4.39 Å². The van der Waals surface area contributed by atoms with Crippen molar-refractivity contribution in [1.29, 1.82) is 0 Å². The second-order valence-corrected chi connectivity index (χ2v) is 8.54. The van der Waals surface area contributed by atoms with E-state index < -0.39 is 43.0 Å². The van der Waals surface area contributed by atoms with Gasteiger partial charge in [0.1, 0.15) is 17.0 Å². The molecule has 2 unspecified atom stereocenters. The number of ether oxygens (including phenoxy) is 2. The lowest BCUT2D eigenvalue weighted by Gasteiger charge is -2.27. The maximum Gasteiger partial charge on any atom is 0.348 e. The first kappa shape index (κ1) is 26.9. The number of benzene rings is 1. The molecule has 0 aliphatic carbocycles. The number of hydrogen-bond donors (Lipinski definition) is 3. The second-order valence-electron chi connectivity index (χ2n) is 8.20. The number of nitrogen functional groups attached to an aromatic ring is 1. The molecule has 15 heteroatoms. The zero-order valence-electron chi connectivity index (χ0n) is 19.8. The third kappa shape index (κ3) is 5.41. The number of aromatic nitrogens is 5. The average Bonchev–Trinajstić information content (AvgIpc) is 3.53. The smallest absolute Gasteiger partial charge is 0.348 e. The van der Waals surface area contributed by atoms with Gasteiger partial charge in [-0.3, -0.25) is 4.57 Å². The van der Waals surface area contributed by atoms with Gasteiger partial charge in [0.05, 0.1) is 25.5 Å². The number of halogens is 2. The predicted molar refractivity (Wildman–Crippen MR) is 130 cm³/mol. The minimum absolute atomic E-state index is 0.0342. The van der Waals surface area contributed by atoms with Crippen LogP contribution in [-0.2, 0) is 25.5 Å². The number of anilines is 1. The normalized spacial score (nSPS) is 13.4. The summed E-state index contributed by atoms with van der Waals surface area (Å²) in [5.41, 5.74) is 4.24. The highest BCUT2D eigenvalue weighted by Gasteiger charge is 2.50. The van der Waals surface area contributed by atoms with Crippen molar-refractivity contribution in [1.82, 2.24) is 24.7 Å². The summed E-state index contributed by atoms with van der Waals surface area (Å²) in [5, 5.41) is 23.3. The lowest BCUT2D eigenvalue weighted by molar-refractivity contribution is -0.188. The van der Waals surface area contributed by atoms with E-state index in [4.69, 9.17) is 31.3 Å². The monoisotopic (exact) mass is 548 g/mol. The molecule has 4 rings (SSSR count). The summed E-state index contributed by atoms with van der Waals surface area (Å²) in [6.07, 6.45) is -2.76. The van der Waals surface area contributed by atoms with Crippen LogP contribution < -0.4 is 5.73 Å². The number of imidazole rings is 1. The molecule has 4 N–H and O–H groups in total. The maximum atomic E-state index is 15.2. The molecule has 0 bridgehead atoms. The van der Waals surface area contributed by atoms with Crippen molar-refractivity contribution in [3.63, 3.8) is 0 Å². The zero-order valence-corrected chi connectivity index (χ0v) is 20.6. The SMILES string of the molecule is COC(COC(Cc1cc(-c2ccccc2)no1)(C(=O)O)C(=O)O)CC(F)n1cnc2c(N)nc(Cl)nc21. The molecule has 200 valence electrons. The first-order valence-electron chi connectivity index (χ1n) is 11.1. The van der Waals surface area contributed by atoms with Crippen LogP contribution in [0.3, 0.4) is 0 Å². The van der Waals surface area contributed by atoms with Crippen LogP contribution in [0, 0.1) is 0 Å². The van der Waals surface area contributed by atoms with E-state index in [-0.39, 0.29) is 34.4 Å². The fraction of sp³-hybridized carbons (Fsp3) is 0.304. The van der Waals surface area contributed by atoms with Crippen molar-refractivity contribution in [2.75, 3.05) is 19.5 Å². The molecule has 0 amide bonds. The summed E-state index contributed by atoms with van der Waals surface area (Å²) in [7, 11) is 1.25. The highest BCUT2D eigenvalue weighted by molar-refractivity contribution is 6.28. The number of carbonyl (C=O) groups is 2. The number of carboxylic acids is 2. The van der Waals surface area contributed by atoms with Crippen LogP contribution in [0.2, 0.25) is 5.28 Å².